The van der Waals surface area contributed by atoms with Gasteiger partial charge >= 0.3 is 0 Å². The molecule has 0 saturated carbocycles. The molecule has 1 atom stereocenters. The van der Waals surface area contributed by atoms with Crippen LogP contribution in [0.25, 0.3) is 0 Å². The van der Waals surface area contributed by atoms with Crippen molar-refractivity contribution in [3.05, 3.63) is 0 Å². The predicted octanol–water partition coefficient (Wildman–Crippen LogP) is 6.30. The molecule has 0 rings (SSSR count). The molecule has 0 fully saturated rings. The summed E-state index contributed by atoms with van der Waals surface area (Å²) in [7, 11) is 0. The molecule has 0 aromatic rings. The van der Waals surface area contributed by atoms with Gasteiger partial charge < -0.3 is 4.79 Å². The Morgan fingerprint density at radius 1 is 0.737 bits per heavy atom. The highest BCUT2D eigenvalue weighted by Crippen LogP contribution is 2.18. The summed E-state index contributed by atoms with van der Waals surface area (Å²) in [4.78, 5) is 10.2. The van der Waals surface area contributed by atoms with Crippen molar-refractivity contribution in [2.24, 2.45) is 5.92 Å². The van der Waals surface area contributed by atoms with Gasteiger partial charge in [-0.05, 0) is 12.3 Å². The summed E-state index contributed by atoms with van der Waals surface area (Å²) >= 11 is 0. The van der Waals surface area contributed by atoms with Crippen LogP contribution in [0.1, 0.15) is 104 Å². The fraction of sp³-hybridized carbons (Fsp3) is 0.944. The second-order valence-electron chi connectivity index (χ2n) is 6.17. The largest absolute Gasteiger partial charge is 0.303 e. The van der Waals surface area contributed by atoms with Crippen LogP contribution in [0.15, 0.2) is 0 Å². The maximum Gasteiger partial charge on any atom is 0.119 e. The molecule has 19 heavy (non-hydrogen) atoms. The van der Waals surface area contributed by atoms with Crippen molar-refractivity contribution in [2.75, 3.05) is 0 Å². The third-order valence-corrected chi connectivity index (χ3v) is 4.07. The van der Waals surface area contributed by atoms with Crippen molar-refractivity contribution in [1.29, 1.82) is 0 Å². The fourth-order valence-electron chi connectivity index (χ4n) is 2.67. The second-order valence-corrected chi connectivity index (χ2v) is 6.17. The minimum atomic E-state index is 0.759. The molecule has 1 heteroatoms. The van der Waals surface area contributed by atoms with E-state index in [1.54, 1.807) is 0 Å². The molecule has 0 saturated heterocycles. The van der Waals surface area contributed by atoms with Crippen LogP contribution in [0.3, 0.4) is 0 Å². The standard InChI is InChI=1S/C18H36O/c1-3-4-5-9-12-15-18(2)16-13-10-7-6-8-11-14-17-19/h17-18H,3-16H2,1-2H3. The van der Waals surface area contributed by atoms with E-state index in [0.29, 0.717) is 0 Å². The molecule has 0 aliphatic heterocycles. The summed E-state index contributed by atoms with van der Waals surface area (Å²) < 4.78 is 0. The van der Waals surface area contributed by atoms with E-state index in [2.05, 4.69) is 13.8 Å². The lowest BCUT2D eigenvalue weighted by Gasteiger charge is -2.10. The summed E-state index contributed by atoms with van der Waals surface area (Å²) in [5, 5.41) is 0. The Balaban J connectivity index is 3.11. The van der Waals surface area contributed by atoms with E-state index in [1.165, 1.54) is 77.0 Å². The molecular weight excluding hydrogens is 232 g/mol. The van der Waals surface area contributed by atoms with E-state index in [9.17, 15) is 4.79 Å². The predicted molar refractivity (Wildman–Crippen MR) is 85.5 cm³/mol. The number of hydrogen-bond acceptors (Lipinski definition) is 1. The van der Waals surface area contributed by atoms with E-state index in [4.69, 9.17) is 0 Å². The first kappa shape index (κ1) is 18.7. The van der Waals surface area contributed by atoms with Gasteiger partial charge in [-0.25, -0.2) is 0 Å². The smallest absolute Gasteiger partial charge is 0.119 e. The average Bonchev–Trinajstić information content (AvgIpc) is 2.41. The molecule has 114 valence electrons. The lowest BCUT2D eigenvalue weighted by atomic mass is 9.96. The van der Waals surface area contributed by atoms with Gasteiger partial charge in [-0.15, -0.1) is 0 Å². The fourth-order valence-corrected chi connectivity index (χ4v) is 2.67. The SMILES string of the molecule is CCCCCCCC(C)CCCCCCCCC=O. The number of rotatable bonds is 15. The maximum absolute atomic E-state index is 10.2. The Morgan fingerprint density at radius 2 is 1.21 bits per heavy atom. The Morgan fingerprint density at radius 3 is 1.74 bits per heavy atom. The van der Waals surface area contributed by atoms with Crippen LogP contribution in [0.4, 0.5) is 0 Å². The third-order valence-electron chi connectivity index (χ3n) is 4.07. The Labute approximate surface area is 121 Å². The monoisotopic (exact) mass is 268 g/mol. The summed E-state index contributed by atoms with van der Waals surface area (Å²) in [5.41, 5.74) is 0. The van der Waals surface area contributed by atoms with Gasteiger partial charge in [0.05, 0.1) is 0 Å². The molecule has 0 aromatic carbocycles. The van der Waals surface area contributed by atoms with Gasteiger partial charge in [-0.3, -0.25) is 0 Å². The highest BCUT2D eigenvalue weighted by Gasteiger charge is 2.01. The molecule has 0 amide bonds. The van der Waals surface area contributed by atoms with Crippen molar-refractivity contribution in [3.8, 4) is 0 Å². The lowest BCUT2D eigenvalue weighted by Crippen LogP contribution is -1.95. The molecule has 1 nitrogen and oxygen atoms in total. The van der Waals surface area contributed by atoms with Crippen LogP contribution in [0.2, 0.25) is 0 Å². The van der Waals surface area contributed by atoms with E-state index in [-0.39, 0.29) is 0 Å². The molecule has 0 bridgehead atoms. The molecule has 0 aliphatic rings. The topological polar surface area (TPSA) is 17.1 Å². The van der Waals surface area contributed by atoms with Crippen LogP contribution in [-0.2, 0) is 4.79 Å². The Kier molecular flexibility index (Phi) is 15.5. The first-order valence-electron chi connectivity index (χ1n) is 8.74. The van der Waals surface area contributed by atoms with E-state index in [0.717, 1.165) is 25.0 Å². The summed E-state index contributed by atoms with van der Waals surface area (Å²) in [6.07, 6.45) is 19.5. The Hall–Kier alpha value is -0.330. The van der Waals surface area contributed by atoms with E-state index >= 15 is 0 Å². The van der Waals surface area contributed by atoms with Gasteiger partial charge in [0.25, 0.3) is 0 Å². The van der Waals surface area contributed by atoms with Crippen molar-refractivity contribution in [3.63, 3.8) is 0 Å². The van der Waals surface area contributed by atoms with Crippen molar-refractivity contribution >= 4 is 6.29 Å². The average molecular weight is 268 g/mol. The third kappa shape index (κ3) is 15.6. The molecular formula is C18H36O. The molecule has 1 unspecified atom stereocenters. The zero-order valence-electron chi connectivity index (χ0n) is 13.5. The van der Waals surface area contributed by atoms with Crippen molar-refractivity contribution < 1.29 is 4.79 Å². The maximum atomic E-state index is 10.2. The van der Waals surface area contributed by atoms with Crippen LogP contribution < -0.4 is 0 Å². The summed E-state index contributed by atoms with van der Waals surface area (Å²) in [5.74, 6) is 0.927. The van der Waals surface area contributed by atoms with Gasteiger partial charge in [0.2, 0.25) is 0 Å². The van der Waals surface area contributed by atoms with Gasteiger partial charge in [-0.1, -0.05) is 90.9 Å². The van der Waals surface area contributed by atoms with Gasteiger partial charge in [0.15, 0.2) is 0 Å². The van der Waals surface area contributed by atoms with Crippen molar-refractivity contribution in [1.82, 2.24) is 0 Å². The summed E-state index contributed by atoms with van der Waals surface area (Å²) in [6, 6.07) is 0. The molecule has 0 radical (unpaired) electrons. The van der Waals surface area contributed by atoms with E-state index in [1.807, 2.05) is 0 Å². The number of carbonyl (C=O) groups excluding carboxylic acids is 1. The number of carbonyl (C=O) groups is 1. The first-order chi connectivity index (χ1) is 9.31. The van der Waals surface area contributed by atoms with Crippen molar-refractivity contribution in [2.45, 2.75) is 104 Å². The second kappa shape index (κ2) is 15.7. The lowest BCUT2D eigenvalue weighted by molar-refractivity contribution is -0.107. The minimum Gasteiger partial charge on any atom is -0.303 e. The number of unbranched alkanes of at least 4 members (excludes halogenated alkanes) is 10. The highest BCUT2D eigenvalue weighted by atomic mass is 16.1. The van der Waals surface area contributed by atoms with Crippen LogP contribution in [0.5, 0.6) is 0 Å². The Bertz CT molecular complexity index is 177. The highest BCUT2D eigenvalue weighted by molar-refractivity contribution is 5.48. The minimum absolute atomic E-state index is 0.759. The van der Waals surface area contributed by atoms with Gasteiger partial charge in [-0.2, -0.15) is 0 Å². The van der Waals surface area contributed by atoms with Gasteiger partial charge in [0.1, 0.15) is 6.29 Å². The molecule has 0 aromatic heterocycles. The normalized spacial score (nSPS) is 12.5. The molecule has 0 heterocycles. The summed E-state index contributed by atoms with van der Waals surface area (Å²) in [6.45, 7) is 4.70. The van der Waals surface area contributed by atoms with Crippen LogP contribution >= 0.6 is 0 Å². The quantitative estimate of drug-likeness (QED) is 0.251. The molecule has 0 N–H and O–H groups in total. The van der Waals surface area contributed by atoms with Crippen LogP contribution in [-0.4, -0.2) is 6.29 Å². The van der Waals surface area contributed by atoms with Crippen LogP contribution in [0, 0.1) is 5.92 Å². The first-order valence-corrected chi connectivity index (χ1v) is 8.74. The zero-order valence-corrected chi connectivity index (χ0v) is 13.5. The number of aldehydes is 1. The zero-order chi connectivity index (χ0) is 14.2. The number of hydrogen-bond donors (Lipinski definition) is 0. The van der Waals surface area contributed by atoms with E-state index < -0.39 is 0 Å². The molecule has 0 spiro atoms. The molecule has 0 aliphatic carbocycles. The van der Waals surface area contributed by atoms with Gasteiger partial charge in [0, 0.05) is 6.42 Å².